The van der Waals surface area contributed by atoms with Crippen molar-refractivity contribution >= 4 is 117 Å². The third kappa shape index (κ3) is 33.6. The maximum atomic E-state index is 12.8. The van der Waals surface area contributed by atoms with Gasteiger partial charge in [0.25, 0.3) is 65.1 Å². The fourth-order valence-corrected chi connectivity index (χ4v) is 9.20. The minimum Gasteiger partial charge on any atom is -1.00 e. The summed E-state index contributed by atoms with van der Waals surface area (Å²) in [7, 11) is 3.25. The number of nitro benzene ring substituents is 3. The number of nitro groups is 3. The van der Waals surface area contributed by atoms with Crippen molar-refractivity contribution in [1.29, 1.82) is 5.41 Å². The molecule has 0 saturated heterocycles. The van der Waals surface area contributed by atoms with Crippen LogP contribution in [-0.4, -0.2) is 121 Å². The zero-order chi connectivity index (χ0) is 78.4. The molecule has 0 bridgehead atoms. The largest absolute Gasteiger partial charge is 1.00 e. The quantitative estimate of drug-likeness (QED) is 0.00573. The summed E-state index contributed by atoms with van der Waals surface area (Å²) in [6, 6.07) is 36.6. The molecule has 0 aliphatic heterocycles. The number of nitrogen functional groups attached to an aromatic ring is 1. The van der Waals surface area contributed by atoms with Crippen LogP contribution in [0.5, 0.6) is 18.0 Å². The van der Waals surface area contributed by atoms with Crippen molar-refractivity contribution in [2.24, 2.45) is 16.6 Å². The third-order valence-electron chi connectivity index (χ3n) is 11.9. The van der Waals surface area contributed by atoms with Crippen molar-refractivity contribution in [3.8, 4) is 52.4 Å². The van der Waals surface area contributed by atoms with E-state index in [4.69, 9.17) is 66.9 Å². The van der Waals surface area contributed by atoms with Crippen LogP contribution in [0.1, 0.15) is 63.0 Å². The second kappa shape index (κ2) is 49.4. The number of hydrogen-bond donors (Lipinski definition) is 5. The van der Waals surface area contributed by atoms with Crippen LogP contribution in [0.4, 0.5) is 54.8 Å². The van der Waals surface area contributed by atoms with Crippen LogP contribution in [0.2, 0.25) is 0 Å². The Morgan fingerprint density at radius 1 is 0.550 bits per heavy atom. The number of carbonyl (C=O) groups is 2. The number of halogens is 9. The number of sulfonamides is 1. The van der Waals surface area contributed by atoms with Gasteiger partial charge in [-0.15, -0.1) is 24.0 Å². The summed E-state index contributed by atoms with van der Waals surface area (Å²) >= 11 is 5.11. The number of hydrogen-bond acceptors (Lipinski definition) is 30. The maximum Gasteiger partial charge on any atom is 1.00 e. The number of ether oxygens (including phenoxy) is 5. The zero-order valence-electron chi connectivity index (χ0n) is 56.2. The van der Waals surface area contributed by atoms with E-state index in [0.29, 0.717) is 29.3 Å². The number of rotatable bonds is 16. The molecular weight excluding hydrogens is 1720 g/mol. The Morgan fingerprint density at radius 3 is 1.30 bits per heavy atom. The molecular formula is C63H69Cl2F6IKN15O21S2. The second-order valence-electron chi connectivity index (χ2n) is 18.7. The molecule has 10 rings (SSSR count). The van der Waals surface area contributed by atoms with E-state index in [1.165, 1.54) is 108 Å². The minimum atomic E-state index is -4.66. The van der Waals surface area contributed by atoms with E-state index in [-0.39, 0.29) is 193 Å². The van der Waals surface area contributed by atoms with Gasteiger partial charge in [-0.3, -0.25) is 45.3 Å². The molecule has 10 aromatic rings. The van der Waals surface area contributed by atoms with Crippen LogP contribution in [0, 0.1) is 35.8 Å². The average molecular weight is 1790 g/mol. The first kappa shape index (κ1) is 104. The topological polar surface area (TPSA) is 530 Å². The summed E-state index contributed by atoms with van der Waals surface area (Å²) in [6.07, 6.45) is -9.23. The Kier molecular flexibility index (Phi) is 46.5. The van der Waals surface area contributed by atoms with E-state index >= 15 is 0 Å². The van der Waals surface area contributed by atoms with E-state index in [0.717, 1.165) is 36.4 Å². The van der Waals surface area contributed by atoms with Gasteiger partial charge in [-0.1, -0.05) is 103 Å². The van der Waals surface area contributed by atoms with Gasteiger partial charge in [0.15, 0.2) is 0 Å². The number of alkyl halides is 6. The fourth-order valence-electron chi connectivity index (χ4n) is 7.12. The number of nitrogens with one attached hydrogen (secondary N) is 2. The van der Waals surface area contributed by atoms with Crippen molar-refractivity contribution < 1.29 is 162 Å². The van der Waals surface area contributed by atoms with Crippen LogP contribution in [0.25, 0.3) is 34.4 Å². The predicted octanol–water partition coefficient (Wildman–Crippen LogP) is 11.6. The molecule has 36 nitrogen and oxygen atoms in total. The normalized spacial score (nSPS) is 10.2. The molecule has 0 atom stereocenters. The molecule has 598 valence electrons. The van der Waals surface area contributed by atoms with Crippen molar-refractivity contribution in [3.63, 3.8) is 0 Å². The molecule has 0 aliphatic carbocycles. The number of benzene rings is 7. The van der Waals surface area contributed by atoms with Gasteiger partial charge in [-0.25, -0.2) is 21.6 Å². The first-order chi connectivity index (χ1) is 49.4. The zero-order valence-corrected chi connectivity index (χ0v) is 63.8. The third-order valence-corrected chi connectivity index (χ3v) is 14.8. The SMILES string of the molecule is C.C.C.C.CO/C(N)=N\OC(=O)c1ccccc1[N+](=O)[O-].COC(=N)N.COc1noc(-c2ccccc2N)n1.COc1noc(-c2ccccc2NS(=O)(=O)c2cccc(C(F)(F)F)c2)n1.COc1noc(-c2ccccc2[N+](=O)[O-])n1.I.O=C(Cl)c1ccccc1[N+](=O)[O-].O=S(=O)(Cl)c1cccc(C(F)(F)F)c1.[H-].[K+]. The molecule has 0 radical (unpaired) electrons. The number of para-hydroxylation sites is 5. The van der Waals surface area contributed by atoms with Crippen LogP contribution in [-0.2, 0) is 45.7 Å². The maximum absolute atomic E-state index is 12.8. The van der Waals surface area contributed by atoms with Crippen molar-refractivity contribution in [1.82, 2.24) is 30.4 Å². The molecule has 8 N–H and O–H groups in total. The number of anilines is 2. The van der Waals surface area contributed by atoms with Gasteiger partial charge in [0.1, 0.15) is 16.7 Å². The van der Waals surface area contributed by atoms with E-state index in [9.17, 15) is 83.1 Å². The molecule has 0 amide bonds. The molecule has 0 aliphatic rings. The van der Waals surface area contributed by atoms with Gasteiger partial charge < -0.3 is 60.7 Å². The molecule has 3 aromatic heterocycles. The van der Waals surface area contributed by atoms with E-state index in [1.54, 1.807) is 30.3 Å². The number of methoxy groups -OCH3 is 5. The first-order valence-corrected chi connectivity index (χ1v) is 31.8. The molecule has 0 unspecified atom stereocenters. The van der Waals surface area contributed by atoms with Crippen molar-refractivity contribution in [3.05, 3.63) is 222 Å². The summed E-state index contributed by atoms with van der Waals surface area (Å²) < 4.78 is 161. The Bertz CT molecular complexity index is 4910. The fraction of sp³-hybridized carbons (Fsp3) is 0.175. The monoisotopic (exact) mass is 1790 g/mol. The summed E-state index contributed by atoms with van der Waals surface area (Å²) in [5.74, 6) is -0.587. The summed E-state index contributed by atoms with van der Waals surface area (Å²) in [5, 5.41) is 50.9. The van der Waals surface area contributed by atoms with Crippen LogP contribution < -0.4 is 87.5 Å². The van der Waals surface area contributed by atoms with E-state index in [1.807, 2.05) is 18.2 Å². The number of aromatic nitrogens is 6. The number of nitrogens with two attached hydrogens (primary N) is 3. The van der Waals surface area contributed by atoms with Gasteiger partial charge in [0.05, 0.1) is 88.1 Å². The Balaban J connectivity index is -0.000000621. The summed E-state index contributed by atoms with van der Waals surface area (Å²) in [5.41, 5.74) is 14.2. The number of oxime groups is 1. The smallest absolute Gasteiger partial charge is 1.00 e. The molecule has 48 heteroatoms. The van der Waals surface area contributed by atoms with Gasteiger partial charge in [0, 0.05) is 34.6 Å². The van der Waals surface area contributed by atoms with E-state index in [2.05, 4.69) is 60.3 Å². The Morgan fingerprint density at radius 2 is 0.910 bits per heavy atom. The van der Waals surface area contributed by atoms with Gasteiger partial charge in [0.2, 0.25) is 0 Å². The molecule has 111 heavy (non-hydrogen) atoms. The van der Waals surface area contributed by atoms with Gasteiger partial charge in [-0.05, 0) is 111 Å². The van der Waals surface area contributed by atoms with E-state index < -0.39 is 78.3 Å². The molecule has 3 heterocycles. The minimum absolute atomic E-state index is 0. The summed E-state index contributed by atoms with van der Waals surface area (Å²) in [4.78, 5) is 67.0. The first-order valence-electron chi connectivity index (χ1n) is 27.7. The predicted molar refractivity (Wildman–Crippen MR) is 399 cm³/mol. The molecule has 7 aromatic carbocycles. The Labute approximate surface area is 698 Å². The number of nitrogens with zero attached hydrogens (tertiary/aromatic N) is 10. The standard InChI is InChI=1S/C16H12F3N3O4S.C9H9N3O5.C9H7N3O4.C9H9N3O2.C7H4ClF3O2S.C7H4ClNO3.C2H6N2O.4CH4.HI.K.H/c1-25-15-20-14(26-21-15)12-7-2-3-8-13(12)22-27(23,24)11-6-4-5-10(9-11)16(17,18)19;1-16-9(10)11-17-8(13)6-4-2-3-5-7(6)12(14)15;1-15-9-10-8(16-11-9)6-4-2-3-5-7(6)12(13)14;1-13-9-11-8(14-12-9)6-4-2-3-5-7(6)10;8-14(12,13)6-3-1-2-5(4-6)7(9,10)11;8-7(10)5-3-1-2-4-6(5)9(11)12;1-5-2(3)4;;;;;;;/h2-9,22H,1H3;2-5H,1H3,(H2,10,11);2-5H,1H3;2-5H,10H2,1H3;1-4H;1-4H;1H3,(H3,3,4);4*1H4;1H;;/q;;;;;;;;;;;;+1;-1. The molecule has 0 spiro atoms. The Hall–Kier alpha value is -10.7. The second-order valence-corrected chi connectivity index (χ2v) is 23.3. The number of amidine groups is 2. The molecule has 0 saturated carbocycles. The van der Waals surface area contributed by atoms with Crippen LogP contribution in [0.15, 0.2) is 198 Å². The van der Waals surface area contributed by atoms with Gasteiger partial charge >= 0.3 is 93.8 Å². The van der Waals surface area contributed by atoms with Crippen LogP contribution in [0.3, 0.4) is 0 Å². The van der Waals surface area contributed by atoms with Gasteiger partial charge in [-0.2, -0.15) is 41.3 Å². The average Bonchev–Trinajstić information content (AvgIpc) is 1.21. The molecule has 0 fully saturated rings. The summed E-state index contributed by atoms with van der Waals surface area (Å²) in [6.45, 7) is 0. The van der Waals surface area contributed by atoms with Crippen LogP contribution >= 0.6 is 46.3 Å². The number of carbonyl (C=O) groups excluding carboxylic acids is 2. The van der Waals surface area contributed by atoms with Crippen molar-refractivity contribution in [2.75, 3.05) is 46.0 Å². The van der Waals surface area contributed by atoms with Crippen molar-refractivity contribution in [2.45, 2.75) is 51.9 Å².